The van der Waals surface area contributed by atoms with Crippen LogP contribution in [0.5, 0.6) is 28.7 Å². The molecule has 3 aromatic rings. The second-order valence-electron chi connectivity index (χ2n) is 9.31. The SMILES string of the molecule is COc1c(O)c2c(c(-c3coc4cc(O)cc(O)c4c3=O)c1CC=C(C)C)OC(C(C)(C)O)C2. The molecule has 0 amide bonds. The van der Waals surface area contributed by atoms with Crippen molar-refractivity contribution in [2.45, 2.75) is 52.2 Å². The average Bonchev–Trinajstić information content (AvgIpc) is 3.19. The molecule has 0 fully saturated rings. The van der Waals surface area contributed by atoms with Gasteiger partial charge in [0.15, 0.2) is 11.5 Å². The number of phenolic OH excluding ortho intramolecular Hbond substituents is 3. The zero-order chi connectivity index (χ0) is 24.9. The Kier molecular flexibility index (Phi) is 5.73. The van der Waals surface area contributed by atoms with Crippen molar-refractivity contribution in [3.05, 3.63) is 51.4 Å². The van der Waals surface area contributed by atoms with Crippen LogP contribution in [0.1, 0.15) is 38.8 Å². The number of rotatable bonds is 5. The van der Waals surface area contributed by atoms with Crippen LogP contribution in [-0.2, 0) is 12.8 Å². The molecule has 1 aliphatic rings. The largest absolute Gasteiger partial charge is 0.508 e. The molecular weight excluding hydrogens is 440 g/mol. The number of methoxy groups -OCH3 is 1. The quantitative estimate of drug-likeness (QED) is 0.411. The van der Waals surface area contributed by atoms with Crippen LogP contribution >= 0.6 is 0 Å². The van der Waals surface area contributed by atoms with Gasteiger partial charge >= 0.3 is 0 Å². The Morgan fingerprint density at radius 3 is 2.56 bits per heavy atom. The molecule has 2 aromatic carbocycles. The fourth-order valence-corrected chi connectivity index (χ4v) is 4.27. The van der Waals surface area contributed by atoms with Gasteiger partial charge in [-0.1, -0.05) is 11.6 Å². The lowest BCUT2D eigenvalue weighted by atomic mass is 9.90. The summed E-state index contributed by atoms with van der Waals surface area (Å²) in [7, 11) is 1.43. The van der Waals surface area contributed by atoms with Gasteiger partial charge in [0.1, 0.15) is 40.6 Å². The zero-order valence-corrected chi connectivity index (χ0v) is 19.7. The lowest BCUT2D eigenvalue weighted by molar-refractivity contribution is -0.0228. The molecular formula is C26H28O8. The molecule has 34 heavy (non-hydrogen) atoms. The summed E-state index contributed by atoms with van der Waals surface area (Å²) in [5, 5.41) is 41.7. The van der Waals surface area contributed by atoms with Gasteiger partial charge in [0.25, 0.3) is 0 Å². The van der Waals surface area contributed by atoms with Gasteiger partial charge in [-0.05, 0) is 34.1 Å². The first-order valence-corrected chi connectivity index (χ1v) is 10.9. The number of allylic oxidation sites excluding steroid dienone is 2. The number of fused-ring (bicyclic) bond motifs is 2. The highest BCUT2D eigenvalue weighted by Crippen LogP contribution is 2.52. The monoisotopic (exact) mass is 468 g/mol. The first-order valence-electron chi connectivity index (χ1n) is 10.9. The van der Waals surface area contributed by atoms with Crippen molar-refractivity contribution in [2.75, 3.05) is 7.11 Å². The van der Waals surface area contributed by atoms with Crippen molar-refractivity contribution < 1.29 is 34.3 Å². The Balaban J connectivity index is 2.10. The second kappa shape index (κ2) is 8.29. The van der Waals surface area contributed by atoms with Gasteiger partial charge in [-0.15, -0.1) is 0 Å². The molecule has 8 heteroatoms. The van der Waals surface area contributed by atoms with E-state index < -0.39 is 22.9 Å². The van der Waals surface area contributed by atoms with E-state index in [2.05, 4.69) is 0 Å². The Bertz CT molecular complexity index is 1370. The number of hydrogen-bond acceptors (Lipinski definition) is 8. The minimum Gasteiger partial charge on any atom is -0.508 e. The highest BCUT2D eigenvalue weighted by Gasteiger charge is 2.40. The number of hydrogen-bond donors (Lipinski definition) is 4. The number of phenols is 3. The van der Waals surface area contributed by atoms with E-state index in [0.29, 0.717) is 23.1 Å². The Morgan fingerprint density at radius 2 is 1.94 bits per heavy atom. The minimum atomic E-state index is -1.22. The fraction of sp³-hybridized carbons (Fsp3) is 0.346. The van der Waals surface area contributed by atoms with E-state index in [0.717, 1.165) is 11.6 Å². The minimum absolute atomic E-state index is 0.0229. The van der Waals surface area contributed by atoms with Crippen molar-refractivity contribution in [3.63, 3.8) is 0 Å². The Morgan fingerprint density at radius 1 is 1.24 bits per heavy atom. The van der Waals surface area contributed by atoms with Crippen LogP contribution in [0.4, 0.5) is 0 Å². The second-order valence-corrected chi connectivity index (χ2v) is 9.31. The number of aromatic hydroxyl groups is 3. The molecule has 0 saturated heterocycles. The van der Waals surface area contributed by atoms with Crippen molar-refractivity contribution in [3.8, 4) is 39.9 Å². The normalized spacial score (nSPS) is 15.2. The van der Waals surface area contributed by atoms with Crippen molar-refractivity contribution in [2.24, 2.45) is 0 Å². The lowest BCUT2D eigenvalue weighted by Gasteiger charge is -2.25. The Hall–Kier alpha value is -3.65. The summed E-state index contributed by atoms with van der Waals surface area (Å²) < 4.78 is 17.3. The summed E-state index contributed by atoms with van der Waals surface area (Å²) in [6.07, 6.45) is 3.01. The van der Waals surface area contributed by atoms with Crippen molar-refractivity contribution >= 4 is 11.0 Å². The third kappa shape index (κ3) is 3.84. The molecule has 0 saturated carbocycles. The summed E-state index contributed by atoms with van der Waals surface area (Å²) in [5.41, 5.74) is 0.642. The number of benzene rings is 2. The summed E-state index contributed by atoms with van der Waals surface area (Å²) >= 11 is 0. The number of aliphatic hydroxyl groups is 1. The molecule has 1 atom stereocenters. The summed E-state index contributed by atoms with van der Waals surface area (Å²) in [4.78, 5) is 13.6. The molecule has 0 bridgehead atoms. The molecule has 0 spiro atoms. The maximum Gasteiger partial charge on any atom is 0.204 e. The van der Waals surface area contributed by atoms with Crippen LogP contribution in [0.3, 0.4) is 0 Å². The van der Waals surface area contributed by atoms with Crippen LogP contribution in [0, 0.1) is 0 Å². The molecule has 1 aliphatic heterocycles. The fourth-order valence-electron chi connectivity index (χ4n) is 4.27. The molecule has 1 unspecified atom stereocenters. The molecule has 0 aliphatic carbocycles. The highest BCUT2D eigenvalue weighted by atomic mass is 16.5. The van der Waals surface area contributed by atoms with E-state index in [-0.39, 0.29) is 46.0 Å². The van der Waals surface area contributed by atoms with E-state index in [4.69, 9.17) is 13.9 Å². The van der Waals surface area contributed by atoms with Crippen LogP contribution in [-0.4, -0.2) is 39.2 Å². The average molecular weight is 469 g/mol. The van der Waals surface area contributed by atoms with Crippen molar-refractivity contribution in [1.29, 1.82) is 0 Å². The topological polar surface area (TPSA) is 130 Å². The van der Waals surface area contributed by atoms with Crippen LogP contribution in [0.25, 0.3) is 22.1 Å². The predicted octanol–water partition coefficient (Wildman–Crippen LogP) is 4.17. The van der Waals surface area contributed by atoms with Gasteiger partial charge in [-0.2, -0.15) is 0 Å². The lowest BCUT2D eigenvalue weighted by Crippen LogP contribution is -2.39. The number of ether oxygens (including phenoxy) is 2. The maximum atomic E-state index is 13.6. The van der Waals surface area contributed by atoms with Gasteiger partial charge in [0.05, 0.1) is 18.3 Å². The van der Waals surface area contributed by atoms with Crippen LogP contribution in [0.15, 0.2) is 39.3 Å². The summed E-state index contributed by atoms with van der Waals surface area (Å²) in [6, 6.07) is 2.31. The molecule has 1 aromatic heterocycles. The van der Waals surface area contributed by atoms with E-state index in [1.54, 1.807) is 13.8 Å². The molecule has 2 heterocycles. The molecule has 4 rings (SSSR count). The first kappa shape index (κ1) is 23.5. The van der Waals surface area contributed by atoms with Crippen molar-refractivity contribution in [1.82, 2.24) is 0 Å². The van der Waals surface area contributed by atoms with E-state index in [1.807, 2.05) is 19.9 Å². The highest BCUT2D eigenvalue weighted by molar-refractivity contribution is 5.91. The van der Waals surface area contributed by atoms with Gasteiger partial charge in [-0.25, -0.2) is 0 Å². The predicted molar refractivity (Wildman–Crippen MR) is 127 cm³/mol. The van der Waals surface area contributed by atoms with E-state index >= 15 is 0 Å². The van der Waals surface area contributed by atoms with Gasteiger partial charge in [-0.3, -0.25) is 4.79 Å². The van der Waals surface area contributed by atoms with Gasteiger partial charge < -0.3 is 34.3 Å². The van der Waals surface area contributed by atoms with Crippen LogP contribution < -0.4 is 14.9 Å². The van der Waals surface area contributed by atoms with Crippen LogP contribution in [0.2, 0.25) is 0 Å². The van der Waals surface area contributed by atoms with E-state index in [9.17, 15) is 25.2 Å². The smallest absolute Gasteiger partial charge is 0.204 e. The third-order valence-electron chi connectivity index (χ3n) is 6.04. The van der Waals surface area contributed by atoms with Gasteiger partial charge in [0, 0.05) is 35.2 Å². The molecule has 8 nitrogen and oxygen atoms in total. The zero-order valence-electron chi connectivity index (χ0n) is 19.7. The summed E-state index contributed by atoms with van der Waals surface area (Å²) in [5.74, 6) is -0.320. The standard InChI is InChI=1S/C26H28O8/c1-12(2)6-7-14-20(16-11-33-18-9-13(27)8-17(28)21(18)22(16)29)24-15(23(30)25(14)32-5)10-19(34-24)26(3,4)31/h6,8-9,11,19,27-28,30-31H,7,10H2,1-5H3. The Labute approximate surface area is 196 Å². The molecule has 4 N–H and O–H groups in total. The first-order chi connectivity index (χ1) is 15.9. The summed E-state index contributed by atoms with van der Waals surface area (Å²) in [6.45, 7) is 7.07. The molecule has 180 valence electrons. The third-order valence-corrected chi connectivity index (χ3v) is 6.04. The maximum absolute atomic E-state index is 13.6. The van der Waals surface area contributed by atoms with Gasteiger partial charge in [0.2, 0.25) is 5.43 Å². The molecule has 0 radical (unpaired) electrons. The van der Waals surface area contributed by atoms with E-state index in [1.165, 1.54) is 19.4 Å².